The maximum absolute atomic E-state index is 4.50. The van der Waals surface area contributed by atoms with E-state index in [4.69, 9.17) is 0 Å². The van der Waals surface area contributed by atoms with Crippen LogP contribution < -0.4 is 10.2 Å². The van der Waals surface area contributed by atoms with Gasteiger partial charge in [-0.25, -0.2) is 4.98 Å². The fourth-order valence-electron chi connectivity index (χ4n) is 2.24. The van der Waals surface area contributed by atoms with Gasteiger partial charge in [-0.1, -0.05) is 0 Å². The van der Waals surface area contributed by atoms with Crippen molar-refractivity contribution >= 4 is 21.7 Å². The fraction of sp³-hybridized carbons (Fsp3) is 0.583. The number of pyridine rings is 1. The van der Waals surface area contributed by atoms with Gasteiger partial charge in [0.1, 0.15) is 5.82 Å². The molecule has 16 heavy (non-hydrogen) atoms. The minimum atomic E-state index is 0.570. The van der Waals surface area contributed by atoms with E-state index in [-0.39, 0.29) is 0 Å². The molecular weight excluding hydrogens is 266 g/mol. The minimum absolute atomic E-state index is 0.570. The van der Waals surface area contributed by atoms with Crippen molar-refractivity contribution in [3.05, 3.63) is 22.3 Å². The Morgan fingerprint density at radius 2 is 2.38 bits per heavy atom. The van der Waals surface area contributed by atoms with Gasteiger partial charge in [-0.2, -0.15) is 0 Å². The molecule has 2 heterocycles. The van der Waals surface area contributed by atoms with Crippen LogP contribution in [0.4, 0.5) is 5.82 Å². The summed E-state index contributed by atoms with van der Waals surface area (Å²) in [5.41, 5.74) is 1.22. The Morgan fingerprint density at radius 1 is 1.56 bits per heavy atom. The molecule has 1 aliphatic rings. The van der Waals surface area contributed by atoms with Gasteiger partial charge in [0.15, 0.2) is 0 Å². The fourth-order valence-corrected chi connectivity index (χ4v) is 2.69. The van der Waals surface area contributed by atoms with Crippen LogP contribution in [0.3, 0.4) is 0 Å². The highest BCUT2D eigenvalue weighted by atomic mass is 79.9. The summed E-state index contributed by atoms with van der Waals surface area (Å²) in [4.78, 5) is 6.80. The molecule has 1 fully saturated rings. The van der Waals surface area contributed by atoms with Crippen LogP contribution in [-0.2, 0) is 0 Å². The molecule has 1 N–H and O–H groups in total. The summed E-state index contributed by atoms with van der Waals surface area (Å²) in [5, 5.41) is 3.44. The van der Waals surface area contributed by atoms with E-state index in [1.165, 1.54) is 18.4 Å². The number of halogens is 1. The van der Waals surface area contributed by atoms with Crippen molar-refractivity contribution in [1.82, 2.24) is 10.3 Å². The van der Waals surface area contributed by atoms with Gasteiger partial charge in [-0.3, -0.25) is 0 Å². The second-order valence-corrected chi connectivity index (χ2v) is 5.32. The first-order valence-electron chi connectivity index (χ1n) is 5.74. The maximum Gasteiger partial charge on any atom is 0.131 e. The second kappa shape index (κ2) is 5.15. The lowest BCUT2D eigenvalue weighted by Gasteiger charge is -2.33. The largest absolute Gasteiger partial charge is 0.355 e. The molecule has 1 aromatic rings. The smallest absolute Gasteiger partial charge is 0.131 e. The van der Waals surface area contributed by atoms with Crippen LogP contribution in [0, 0.1) is 6.92 Å². The Balaban J connectivity index is 2.15. The Hall–Kier alpha value is -0.610. The molecule has 0 aliphatic carbocycles. The third-order valence-corrected chi connectivity index (χ3v) is 3.60. The van der Waals surface area contributed by atoms with Gasteiger partial charge in [-0.05, 0) is 53.9 Å². The first-order chi connectivity index (χ1) is 7.68. The third kappa shape index (κ3) is 2.55. The first-order valence-corrected chi connectivity index (χ1v) is 6.53. The number of aryl methyl sites for hydroxylation is 1. The molecule has 3 nitrogen and oxygen atoms in total. The van der Waals surface area contributed by atoms with Crippen LogP contribution in [-0.4, -0.2) is 31.2 Å². The standard InChI is InChI=1S/C12H18BrN3/c1-9-6-10(13)7-15-12(9)16(2)11-4-3-5-14-8-11/h6-7,11,14H,3-5,8H2,1-2H3. The lowest BCUT2D eigenvalue weighted by Crippen LogP contribution is -2.44. The molecule has 0 radical (unpaired) electrons. The minimum Gasteiger partial charge on any atom is -0.355 e. The molecule has 0 amide bonds. The van der Waals surface area contributed by atoms with Crippen molar-refractivity contribution < 1.29 is 0 Å². The Morgan fingerprint density at radius 3 is 3.00 bits per heavy atom. The monoisotopic (exact) mass is 283 g/mol. The molecule has 1 saturated heterocycles. The normalized spacial score (nSPS) is 20.8. The Labute approximate surface area is 105 Å². The number of piperidine rings is 1. The van der Waals surface area contributed by atoms with E-state index >= 15 is 0 Å². The summed E-state index contributed by atoms with van der Waals surface area (Å²) in [5.74, 6) is 1.09. The molecule has 0 saturated carbocycles. The SMILES string of the molecule is Cc1cc(Br)cnc1N(C)C1CCCNC1. The van der Waals surface area contributed by atoms with Gasteiger partial charge in [0.2, 0.25) is 0 Å². The number of rotatable bonds is 2. The van der Waals surface area contributed by atoms with Crippen molar-refractivity contribution in [3.8, 4) is 0 Å². The topological polar surface area (TPSA) is 28.2 Å². The third-order valence-electron chi connectivity index (χ3n) is 3.17. The van der Waals surface area contributed by atoms with Crippen molar-refractivity contribution in [1.29, 1.82) is 0 Å². The van der Waals surface area contributed by atoms with Crippen molar-refractivity contribution in [2.75, 3.05) is 25.0 Å². The molecule has 0 aromatic carbocycles. The summed E-state index contributed by atoms with van der Waals surface area (Å²) in [6, 6.07) is 2.69. The van der Waals surface area contributed by atoms with Crippen molar-refractivity contribution in [2.45, 2.75) is 25.8 Å². The highest BCUT2D eigenvalue weighted by molar-refractivity contribution is 9.10. The summed E-state index contributed by atoms with van der Waals surface area (Å²) >= 11 is 3.45. The Kier molecular flexibility index (Phi) is 3.82. The molecule has 0 spiro atoms. The molecule has 1 unspecified atom stereocenters. The summed E-state index contributed by atoms with van der Waals surface area (Å²) in [6.07, 6.45) is 4.38. The van der Waals surface area contributed by atoms with E-state index < -0.39 is 0 Å². The van der Waals surface area contributed by atoms with Gasteiger partial charge in [0.05, 0.1) is 0 Å². The lowest BCUT2D eigenvalue weighted by molar-refractivity contribution is 0.443. The Bertz CT molecular complexity index is 361. The number of nitrogens with one attached hydrogen (secondary N) is 1. The summed E-state index contributed by atoms with van der Waals surface area (Å²) in [7, 11) is 2.14. The predicted molar refractivity (Wildman–Crippen MR) is 71.0 cm³/mol. The van der Waals surface area contributed by atoms with E-state index in [1.807, 2.05) is 6.20 Å². The predicted octanol–water partition coefficient (Wildman–Crippen LogP) is 2.34. The van der Waals surface area contributed by atoms with E-state index in [1.54, 1.807) is 0 Å². The average molecular weight is 284 g/mol. The molecule has 1 aromatic heterocycles. The molecular formula is C12H18BrN3. The number of aromatic nitrogens is 1. The molecule has 2 rings (SSSR count). The van der Waals surface area contributed by atoms with Crippen LogP contribution in [0.15, 0.2) is 16.7 Å². The van der Waals surface area contributed by atoms with E-state index in [0.717, 1.165) is 23.4 Å². The first kappa shape index (κ1) is 11.9. The molecule has 4 heteroatoms. The van der Waals surface area contributed by atoms with Gasteiger partial charge in [0, 0.05) is 30.3 Å². The summed E-state index contributed by atoms with van der Waals surface area (Å²) in [6.45, 7) is 4.32. The van der Waals surface area contributed by atoms with Crippen LogP contribution >= 0.6 is 15.9 Å². The highest BCUT2D eigenvalue weighted by Crippen LogP contribution is 2.23. The molecule has 1 aliphatic heterocycles. The van der Waals surface area contributed by atoms with Crippen LogP contribution in [0.5, 0.6) is 0 Å². The maximum atomic E-state index is 4.50. The number of hydrogen-bond donors (Lipinski definition) is 1. The number of anilines is 1. The number of likely N-dealkylation sites (N-methyl/N-ethyl adjacent to an activating group) is 1. The van der Waals surface area contributed by atoms with E-state index in [9.17, 15) is 0 Å². The zero-order chi connectivity index (χ0) is 11.5. The van der Waals surface area contributed by atoms with Gasteiger partial charge in [-0.15, -0.1) is 0 Å². The van der Waals surface area contributed by atoms with Crippen molar-refractivity contribution in [3.63, 3.8) is 0 Å². The highest BCUT2D eigenvalue weighted by Gasteiger charge is 2.19. The second-order valence-electron chi connectivity index (χ2n) is 4.41. The number of hydrogen-bond acceptors (Lipinski definition) is 3. The quantitative estimate of drug-likeness (QED) is 0.903. The number of nitrogens with zero attached hydrogens (tertiary/aromatic N) is 2. The van der Waals surface area contributed by atoms with E-state index in [0.29, 0.717) is 6.04 Å². The van der Waals surface area contributed by atoms with Crippen LogP contribution in [0.25, 0.3) is 0 Å². The van der Waals surface area contributed by atoms with Crippen LogP contribution in [0.2, 0.25) is 0 Å². The zero-order valence-corrected chi connectivity index (χ0v) is 11.4. The van der Waals surface area contributed by atoms with E-state index in [2.05, 4.69) is 51.2 Å². The average Bonchev–Trinajstić information content (AvgIpc) is 2.29. The summed E-state index contributed by atoms with van der Waals surface area (Å²) < 4.78 is 1.05. The van der Waals surface area contributed by atoms with Gasteiger partial charge < -0.3 is 10.2 Å². The molecule has 88 valence electrons. The van der Waals surface area contributed by atoms with Gasteiger partial charge in [0.25, 0.3) is 0 Å². The lowest BCUT2D eigenvalue weighted by atomic mass is 10.1. The van der Waals surface area contributed by atoms with Crippen LogP contribution in [0.1, 0.15) is 18.4 Å². The van der Waals surface area contributed by atoms with Gasteiger partial charge >= 0.3 is 0 Å². The van der Waals surface area contributed by atoms with Crippen molar-refractivity contribution in [2.24, 2.45) is 0 Å². The zero-order valence-electron chi connectivity index (χ0n) is 9.83. The molecule has 0 bridgehead atoms. The molecule has 1 atom stereocenters.